The minimum atomic E-state index is -0.318. The van der Waals surface area contributed by atoms with E-state index >= 15 is 0 Å². The van der Waals surface area contributed by atoms with Crippen molar-refractivity contribution in [2.45, 2.75) is 32.2 Å². The maximum absolute atomic E-state index is 13.0. The molecule has 0 aromatic heterocycles. The first kappa shape index (κ1) is 21.6. The van der Waals surface area contributed by atoms with Gasteiger partial charge in [-0.3, -0.25) is 9.59 Å². The first-order chi connectivity index (χ1) is 14.5. The molecule has 0 unspecified atom stereocenters. The van der Waals surface area contributed by atoms with Crippen LogP contribution in [0.3, 0.4) is 0 Å². The summed E-state index contributed by atoms with van der Waals surface area (Å²) in [6.45, 7) is 3.50. The van der Waals surface area contributed by atoms with E-state index in [-0.39, 0.29) is 36.7 Å². The summed E-state index contributed by atoms with van der Waals surface area (Å²) >= 11 is 0. The van der Waals surface area contributed by atoms with Crippen LogP contribution < -0.4 is 14.8 Å². The van der Waals surface area contributed by atoms with Crippen LogP contribution in [0.5, 0.6) is 11.5 Å². The number of hydrogen-bond acceptors (Lipinski definition) is 4. The SMILES string of the molecule is CCOc1ccccc1OCC(=O)N1CCC(NC(=O)Cc2ccc(F)cc2)CC1. The fourth-order valence-electron chi connectivity index (χ4n) is 3.41. The number of hydrogen-bond donors (Lipinski definition) is 1. The third-order valence-corrected chi connectivity index (χ3v) is 4.99. The predicted molar refractivity (Wildman–Crippen MR) is 111 cm³/mol. The van der Waals surface area contributed by atoms with Crippen molar-refractivity contribution in [3.63, 3.8) is 0 Å². The van der Waals surface area contributed by atoms with Crippen LogP contribution in [-0.2, 0) is 16.0 Å². The Balaban J connectivity index is 1.41. The molecule has 1 heterocycles. The zero-order valence-electron chi connectivity index (χ0n) is 17.1. The van der Waals surface area contributed by atoms with Gasteiger partial charge in [0.15, 0.2) is 18.1 Å². The third kappa shape index (κ3) is 6.20. The van der Waals surface area contributed by atoms with E-state index < -0.39 is 0 Å². The number of likely N-dealkylation sites (tertiary alicyclic amines) is 1. The van der Waals surface area contributed by atoms with Crippen molar-refractivity contribution in [2.75, 3.05) is 26.3 Å². The number of ether oxygens (including phenoxy) is 2. The molecule has 0 spiro atoms. The molecule has 0 saturated carbocycles. The Kier molecular flexibility index (Phi) is 7.65. The van der Waals surface area contributed by atoms with E-state index in [2.05, 4.69) is 5.32 Å². The standard InChI is InChI=1S/C23H27FN2O4/c1-2-29-20-5-3-4-6-21(20)30-16-23(28)26-13-11-19(12-14-26)25-22(27)15-17-7-9-18(24)10-8-17/h3-10,19H,2,11-16H2,1H3,(H,25,27). The maximum Gasteiger partial charge on any atom is 0.260 e. The van der Waals surface area contributed by atoms with Gasteiger partial charge in [-0.25, -0.2) is 4.39 Å². The molecule has 2 aromatic carbocycles. The molecule has 30 heavy (non-hydrogen) atoms. The van der Waals surface area contributed by atoms with Gasteiger partial charge in [-0.15, -0.1) is 0 Å². The van der Waals surface area contributed by atoms with Crippen molar-refractivity contribution < 1.29 is 23.5 Å². The van der Waals surface area contributed by atoms with E-state index in [1.807, 2.05) is 25.1 Å². The van der Waals surface area contributed by atoms with E-state index in [1.54, 1.807) is 23.1 Å². The highest BCUT2D eigenvalue weighted by Gasteiger charge is 2.24. The first-order valence-corrected chi connectivity index (χ1v) is 10.2. The van der Waals surface area contributed by atoms with Gasteiger partial charge in [-0.1, -0.05) is 24.3 Å². The molecule has 1 aliphatic heterocycles. The molecule has 1 aliphatic rings. The second kappa shape index (κ2) is 10.6. The Morgan fingerprint density at radius 2 is 1.67 bits per heavy atom. The van der Waals surface area contributed by atoms with Crippen LogP contribution in [0.1, 0.15) is 25.3 Å². The van der Waals surface area contributed by atoms with Crippen LogP contribution in [0.2, 0.25) is 0 Å². The summed E-state index contributed by atoms with van der Waals surface area (Å²) in [6.07, 6.45) is 1.60. The van der Waals surface area contributed by atoms with E-state index in [4.69, 9.17) is 9.47 Å². The van der Waals surface area contributed by atoms with Gasteiger partial charge >= 0.3 is 0 Å². The summed E-state index contributed by atoms with van der Waals surface area (Å²) in [5.41, 5.74) is 0.769. The monoisotopic (exact) mass is 414 g/mol. The molecule has 0 radical (unpaired) electrons. The number of carbonyl (C=O) groups excluding carboxylic acids is 2. The number of rotatable bonds is 8. The largest absolute Gasteiger partial charge is 0.490 e. The molecule has 6 nitrogen and oxygen atoms in total. The molecule has 160 valence electrons. The topological polar surface area (TPSA) is 67.9 Å². The minimum absolute atomic E-state index is 0.0293. The lowest BCUT2D eigenvalue weighted by atomic mass is 10.0. The third-order valence-electron chi connectivity index (χ3n) is 4.99. The van der Waals surface area contributed by atoms with Crippen molar-refractivity contribution in [3.8, 4) is 11.5 Å². The molecule has 2 aromatic rings. The Hall–Kier alpha value is -3.09. The summed E-state index contributed by atoms with van der Waals surface area (Å²) in [5.74, 6) is 0.673. The molecule has 3 rings (SSSR count). The van der Waals surface area contributed by atoms with Crippen molar-refractivity contribution in [3.05, 3.63) is 59.9 Å². The Bertz CT molecular complexity index is 849. The minimum Gasteiger partial charge on any atom is -0.490 e. The second-order valence-electron chi connectivity index (χ2n) is 7.19. The Labute approximate surface area is 176 Å². The van der Waals surface area contributed by atoms with Gasteiger partial charge in [0.05, 0.1) is 13.0 Å². The lowest BCUT2D eigenvalue weighted by Gasteiger charge is -2.32. The molecule has 0 atom stereocenters. The van der Waals surface area contributed by atoms with E-state index in [0.29, 0.717) is 44.0 Å². The molecule has 1 saturated heterocycles. The highest BCUT2D eigenvalue weighted by molar-refractivity contribution is 5.79. The fraction of sp³-hybridized carbons (Fsp3) is 0.391. The predicted octanol–water partition coefficient (Wildman–Crippen LogP) is 2.95. The summed E-state index contributed by atoms with van der Waals surface area (Å²) in [5, 5.41) is 3.00. The van der Waals surface area contributed by atoms with Crippen molar-refractivity contribution in [2.24, 2.45) is 0 Å². The summed E-state index contributed by atoms with van der Waals surface area (Å²) in [7, 11) is 0. The average molecular weight is 414 g/mol. The Morgan fingerprint density at radius 1 is 1.03 bits per heavy atom. The van der Waals surface area contributed by atoms with Crippen LogP contribution >= 0.6 is 0 Å². The molecule has 0 aliphatic carbocycles. The van der Waals surface area contributed by atoms with Gasteiger partial charge in [0.2, 0.25) is 5.91 Å². The maximum atomic E-state index is 13.0. The summed E-state index contributed by atoms with van der Waals surface area (Å²) < 4.78 is 24.1. The number of amides is 2. The zero-order valence-corrected chi connectivity index (χ0v) is 17.1. The van der Waals surface area contributed by atoms with Gasteiger partial charge < -0.3 is 19.7 Å². The molecule has 7 heteroatoms. The molecule has 1 fully saturated rings. The summed E-state index contributed by atoms with van der Waals surface area (Å²) in [6, 6.07) is 13.2. The zero-order chi connectivity index (χ0) is 21.3. The van der Waals surface area contributed by atoms with Gasteiger partial charge in [0, 0.05) is 19.1 Å². The highest BCUT2D eigenvalue weighted by Crippen LogP contribution is 2.26. The smallest absolute Gasteiger partial charge is 0.260 e. The normalized spacial score (nSPS) is 14.3. The number of benzene rings is 2. The quantitative estimate of drug-likeness (QED) is 0.721. The van der Waals surface area contributed by atoms with Gasteiger partial charge in [-0.2, -0.15) is 0 Å². The highest BCUT2D eigenvalue weighted by atomic mass is 19.1. The van der Waals surface area contributed by atoms with Crippen LogP contribution in [0, 0.1) is 5.82 Å². The average Bonchev–Trinajstić information content (AvgIpc) is 2.75. The Morgan fingerprint density at radius 3 is 2.30 bits per heavy atom. The van der Waals surface area contributed by atoms with Gasteiger partial charge in [-0.05, 0) is 49.6 Å². The number of piperidine rings is 1. The van der Waals surface area contributed by atoms with Crippen LogP contribution in [0.15, 0.2) is 48.5 Å². The molecule has 0 bridgehead atoms. The fourth-order valence-corrected chi connectivity index (χ4v) is 3.41. The number of halogens is 1. The first-order valence-electron chi connectivity index (χ1n) is 10.2. The molecular weight excluding hydrogens is 387 g/mol. The number of carbonyl (C=O) groups is 2. The van der Waals surface area contributed by atoms with E-state index in [0.717, 1.165) is 5.56 Å². The van der Waals surface area contributed by atoms with Crippen molar-refractivity contribution in [1.82, 2.24) is 10.2 Å². The molecule has 1 N–H and O–H groups in total. The van der Waals surface area contributed by atoms with E-state index in [1.165, 1.54) is 12.1 Å². The second-order valence-corrected chi connectivity index (χ2v) is 7.19. The van der Waals surface area contributed by atoms with E-state index in [9.17, 15) is 14.0 Å². The van der Waals surface area contributed by atoms with Crippen LogP contribution in [0.25, 0.3) is 0 Å². The molecule has 2 amide bonds. The van der Waals surface area contributed by atoms with Crippen LogP contribution in [-0.4, -0.2) is 49.1 Å². The number of nitrogens with one attached hydrogen (secondary N) is 1. The van der Waals surface area contributed by atoms with Gasteiger partial charge in [0.25, 0.3) is 5.91 Å². The molecular formula is C23H27FN2O4. The van der Waals surface area contributed by atoms with Crippen LogP contribution in [0.4, 0.5) is 4.39 Å². The lowest BCUT2D eigenvalue weighted by Crippen LogP contribution is -2.48. The van der Waals surface area contributed by atoms with Crippen molar-refractivity contribution >= 4 is 11.8 Å². The lowest BCUT2D eigenvalue weighted by molar-refractivity contribution is -0.134. The summed E-state index contributed by atoms with van der Waals surface area (Å²) in [4.78, 5) is 26.4. The number of para-hydroxylation sites is 2. The van der Waals surface area contributed by atoms with Crippen molar-refractivity contribution in [1.29, 1.82) is 0 Å². The van der Waals surface area contributed by atoms with Gasteiger partial charge in [0.1, 0.15) is 5.82 Å². The number of nitrogens with zero attached hydrogens (tertiary/aromatic N) is 1.